The zero-order chi connectivity index (χ0) is 13.8. The number of carbonyl (C=O) groups excluding carboxylic acids is 1. The summed E-state index contributed by atoms with van der Waals surface area (Å²) < 4.78 is 0. The van der Waals surface area contributed by atoms with E-state index < -0.39 is 0 Å². The predicted molar refractivity (Wildman–Crippen MR) is 76.0 cm³/mol. The number of hydrogen-bond donors (Lipinski definition) is 3. The molecule has 0 bridgehead atoms. The fraction of sp³-hybridized carbons (Fsp3) is 0.533. The Hall–Kier alpha value is -1.55. The molecule has 0 spiro atoms. The fourth-order valence-electron chi connectivity index (χ4n) is 2.51. The maximum absolute atomic E-state index is 12.2. The van der Waals surface area contributed by atoms with Crippen molar-refractivity contribution in [2.24, 2.45) is 5.92 Å². The Bertz CT molecular complexity index is 421. The fourth-order valence-corrected chi connectivity index (χ4v) is 2.51. The van der Waals surface area contributed by atoms with Crippen molar-refractivity contribution in [3.05, 3.63) is 29.8 Å². The second-order valence-corrected chi connectivity index (χ2v) is 5.58. The molecule has 0 saturated carbocycles. The molecule has 1 aromatic carbocycles. The summed E-state index contributed by atoms with van der Waals surface area (Å²) in [6.07, 6.45) is 1.50. The van der Waals surface area contributed by atoms with Crippen molar-refractivity contribution < 1.29 is 9.90 Å². The number of fused-ring (bicyclic) bond motifs is 1. The van der Waals surface area contributed by atoms with Gasteiger partial charge in [-0.2, -0.15) is 0 Å². The monoisotopic (exact) mass is 262 g/mol. The van der Waals surface area contributed by atoms with E-state index in [9.17, 15) is 9.90 Å². The Kier molecular flexibility index (Phi) is 4.43. The molecule has 1 aromatic rings. The maximum Gasteiger partial charge on any atom is 0.243 e. The van der Waals surface area contributed by atoms with Crippen molar-refractivity contribution in [3.8, 4) is 0 Å². The Labute approximate surface area is 114 Å². The third-order valence-corrected chi connectivity index (χ3v) is 3.41. The van der Waals surface area contributed by atoms with Crippen LogP contribution in [0.15, 0.2) is 24.3 Å². The minimum atomic E-state index is -0.224. The molecule has 1 aliphatic heterocycles. The van der Waals surface area contributed by atoms with Gasteiger partial charge in [-0.05, 0) is 24.0 Å². The summed E-state index contributed by atoms with van der Waals surface area (Å²) >= 11 is 0. The van der Waals surface area contributed by atoms with Gasteiger partial charge in [0.2, 0.25) is 5.91 Å². The quantitative estimate of drug-likeness (QED) is 0.754. The van der Waals surface area contributed by atoms with Crippen molar-refractivity contribution in [1.29, 1.82) is 0 Å². The van der Waals surface area contributed by atoms with E-state index in [0.717, 1.165) is 12.1 Å². The molecule has 1 heterocycles. The molecule has 19 heavy (non-hydrogen) atoms. The number of amides is 1. The van der Waals surface area contributed by atoms with Crippen molar-refractivity contribution in [2.45, 2.75) is 38.8 Å². The van der Waals surface area contributed by atoms with Crippen LogP contribution < -0.4 is 10.6 Å². The van der Waals surface area contributed by atoms with E-state index in [0.29, 0.717) is 12.3 Å². The van der Waals surface area contributed by atoms with Crippen LogP contribution in [0.1, 0.15) is 25.8 Å². The van der Waals surface area contributed by atoms with Crippen LogP contribution in [-0.2, 0) is 11.2 Å². The van der Waals surface area contributed by atoms with Gasteiger partial charge in [-0.1, -0.05) is 32.0 Å². The third kappa shape index (κ3) is 3.47. The first-order chi connectivity index (χ1) is 9.10. The highest BCUT2D eigenvalue weighted by Gasteiger charge is 2.27. The van der Waals surface area contributed by atoms with Gasteiger partial charge in [0.25, 0.3) is 0 Å². The van der Waals surface area contributed by atoms with Crippen LogP contribution >= 0.6 is 0 Å². The van der Waals surface area contributed by atoms with Crippen molar-refractivity contribution in [2.75, 3.05) is 11.9 Å². The molecule has 4 heteroatoms. The minimum Gasteiger partial charge on any atom is -0.394 e. The van der Waals surface area contributed by atoms with Gasteiger partial charge in [0.15, 0.2) is 0 Å². The Morgan fingerprint density at radius 1 is 1.47 bits per heavy atom. The second kappa shape index (κ2) is 6.06. The summed E-state index contributed by atoms with van der Waals surface area (Å²) in [5, 5.41) is 15.5. The number of carbonyl (C=O) groups is 1. The minimum absolute atomic E-state index is 0.0103. The summed E-state index contributed by atoms with van der Waals surface area (Å²) in [6, 6.07) is 7.59. The molecule has 0 fully saturated rings. The molecule has 1 amide bonds. The van der Waals surface area contributed by atoms with Gasteiger partial charge >= 0.3 is 0 Å². The number of para-hydroxylation sites is 1. The van der Waals surface area contributed by atoms with E-state index in [1.165, 1.54) is 5.56 Å². The first-order valence-electron chi connectivity index (χ1n) is 6.85. The van der Waals surface area contributed by atoms with Crippen LogP contribution in [0.4, 0.5) is 5.69 Å². The lowest BCUT2D eigenvalue weighted by Gasteiger charge is -2.20. The van der Waals surface area contributed by atoms with Crippen LogP contribution in [0.3, 0.4) is 0 Å². The van der Waals surface area contributed by atoms with E-state index in [4.69, 9.17) is 0 Å². The molecular formula is C15H22N2O2. The van der Waals surface area contributed by atoms with E-state index in [1.807, 2.05) is 24.3 Å². The SMILES string of the molecule is CC(C)CC(CO)NC(=O)[C@@H]1Cc2ccccc2N1. The molecule has 2 atom stereocenters. The molecule has 1 aliphatic rings. The molecule has 3 N–H and O–H groups in total. The van der Waals surface area contributed by atoms with Crippen LogP contribution in [0.5, 0.6) is 0 Å². The van der Waals surface area contributed by atoms with E-state index in [1.54, 1.807) is 0 Å². The summed E-state index contributed by atoms with van der Waals surface area (Å²) in [5.41, 5.74) is 2.21. The number of anilines is 1. The van der Waals surface area contributed by atoms with Gasteiger partial charge in [0.05, 0.1) is 12.6 Å². The van der Waals surface area contributed by atoms with Gasteiger partial charge in [-0.3, -0.25) is 4.79 Å². The lowest BCUT2D eigenvalue weighted by molar-refractivity contribution is -0.122. The number of benzene rings is 1. The molecule has 0 saturated heterocycles. The average molecular weight is 262 g/mol. The topological polar surface area (TPSA) is 61.4 Å². The number of aliphatic hydroxyl groups excluding tert-OH is 1. The van der Waals surface area contributed by atoms with E-state index in [-0.39, 0.29) is 24.6 Å². The number of nitrogens with one attached hydrogen (secondary N) is 2. The highest BCUT2D eigenvalue weighted by atomic mass is 16.3. The van der Waals surface area contributed by atoms with Crippen molar-refractivity contribution in [3.63, 3.8) is 0 Å². The molecule has 104 valence electrons. The van der Waals surface area contributed by atoms with Crippen molar-refractivity contribution in [1.82, 2.24) is 5.32 Å². The highest BCUT2D eigenvalue weighted by Crippen LogP contribution is 2.25. The van der Waals surface area contributed by atoms with Gasteiger partial charge in [-0.15, -0.1) is 0 Å². The average Bonchev–Trinajstić information content (AvgIpc) is 2.81. The lowest BCUT2D eigenvalue weighted by atomic mass is 10.0. The summed E-state index contributed by atoms with van der Waals surface area (Å²) in [4.78, 5) is 12.2. The molecule has 0 radical (unpaired) electrons. The van der Waals surface area contributed by atoms with Gasteiger partial charge in [0, 0.05) is 12.1 Å². The highest BCUT2D eigenvalue weighted by molar-refractivity contribution is 5.87. The molecule has 0 aliphatic carbocycles. The van der Waals surface area contributed by atoms with Crippen LogP contribution in [0.2, 0.25) is 0 Å². The predicted octanol–water partition coefficient (Wildman–Crippen LogP) is 1.55. The van der Waals surface area contributed by atoms with Crippen molar-refractivity contribution >= 4 is 11.6 Å². The number of rotatable bonds is 5. The van der Waals surface area contributed by atoms with Crippen LogP contribution in [-0.4, -0.2) is 29.7 Å². The maximum atomic E-state index is 12.2. The summed E-state index contributed by atoms with van der Waals surface area (Å²) in [5.74, 6) is 0.419. The summed E-state index contributed by atoms with van der Waals surface area (Å²) in [7, 11) is 0. The van der Waals surface area contributed by atoms with Crippen LogP contribution in [0, 0.1) is 5.92 Å². The largest absolute Gasteiger partial charge is 0.394 e. The molecule has 1 unspecified atom stereocenters. The second-order valence-electron chi connectivity index (χ2n) is 5.58. The third-order valence-electron chi connectivity index (χ3n) is 3.41. The standard InChI is InChI=1S/C15H22N2O2/c1-10(2)7-12(9-18)16-15(19)14-8-11-5-3-4-6-13(11)17-14/h3-6,10,12,14,17-18H,7-9H2,1-2H3,(H,16,19)/t12?,14-/m0/s1. The Morgan fingerprint density at radius 3 is 2.84 bits per heavy atom. The smallest absolute Gasteiger partial charge is 0.243 e. The zero-order valence-corrected chi connectivity index (χ0v) is 11.5. The molecular weight excluding hydrogens is 240 g/mol. The zero-order valence-electron chi connectivity index (χ0n) is 11.5. The van der Waals surface area contributed by atoms with Gasteiger partial charge < -0.3 is 15.7 Å². The van der Waals surface area contributed by atoms with E-state index >= 15 is 0 Å². The molecule has 2 rings (SSSR count). The Morgan fingerprint density at radius 2 is 2.21 bits per heavy atom. The first kappa shape index (κ1) is 13.9. The van der Waals surface area contributed by atoms with Gasteiger partial charge in [0.1, 0.15) is 6.04 Å². The summed E-state index contributed by atoms with van der Waals surface area (Å²) in [6.45, 7) is 4.15. The number of aliphatic hydroxyl groups is 1. The first-order valence-corrected chi connectivity index (χ1v) is 6.85. The molecule has 0 aromatic heterocycles. The van der Waals surface area contributed by atoms with Gasteiger partial charge in [-0.25, -0.2) is 0 Å². The van der Waals surface area contributed by atoms with Crippen LogP contribution in [0.25, 0.3) is 0 Å². The Balaban J connectivity index is 1.92. The lowest BCUT2D eigenvalue weighted by Crippen LogP contribution is -2.45. The van der Waals surface area contributed by atoms with E-state index in [2.05, 4.69) is 24.5 Å². The normalized spacial score (nSPS) is 18.8. The molecule has 4 nitrogen and oxygen atoms in total. The number of hydrogen-bond acceptors (Lipinski definition) is 3.